The van der Waals surface area contributed by atoms with Crippen molar-refractivity contribution < 1.29 is 15.0 Å². The van der Waals surface area contributed by atoms with Crippen LogP contribution in [0.15, 0.2) is 0 Å². The molecule has 15 heavy (non-hydrogen) atoms. The van der Waals surface area contributed by atoms with Crippen molar-refractivity contribution in [2.45, 2.75) is 32.5 Å². The zero-order valence-corrected chi connectivity index (χ0v) is 9.53. The van der Waals surface area contributed by atoms with Crippen LogP contribution in [0.1, 0.15) is 20.8 Å². The van der Waals surface area contributed by atoms with E-state index in [1.165, 1.54) is 11.9 Å². The van der Waals surface area contributed by atoms with Gasteiger partial charge >= 0.3 is 0 Å². The van der Waals surface area contributed by atoms with Crippen LogP contribution < -0.4 is 0 Å². The van der Waals surface area contributed by atoms with E-state index in [0.717, 1.165) is 0 Å². The topological polar surface area (TPSA) is 60.8 Å². The van der Waals surface area contributed by atoms with Crippen molar-refractivity contribution in [1.29, 1.82) is 0 Å². The summed E-state index contributed by atoms with van der Waals surface area (Å²) in [6, 6.07) is 0. The van der Waals surface area contributed by atoms with Gasteiger partial charge in [-0.3, -0.25) is 4.79 Å². The highest BCUT2D eigenvalue weighted by Gasteiger charge is 2.50. The van der Waals surface area contributed by atoms with Crippen LogP contribution in [-0.2, 0) is 4.79 Å². The molecule has 1 rings (SSSR count). The Morgan fingerprint density at radius 2 is 2.07 bits per heavy atom. The molecule has 84 valence electrons. The summed E-state index contributed by atoms with van der Waals surface area (Å²) in [5.74, 6) is 4.74. The van der Waals surface area contributed by atoms with Crippen LogP contribution in [0.2, 0.25) is 0 Å². The number of carbonyl (C=O) groups excluding carboxylic acids is 1. The van der Waals surface area contributed by atoms with E-state index in [1.807, 2.05) is 20.8 Å². The number of aliphatic hydroxyl groups is 2. The standard InChI is InChI=1S/C11H17NO3/c1-10(2,3)5-6-11(15)8(13)7-12(4)9(11)14/h8,13,15H,7H2,1-4H3. The average Bonchev–Trinajstić information content (AvgIpc) is 2.27. The van der Waals surface area contributed by atoms with Crippen molar-refractivity contribution in [1.82, 2.24) is 4.90 Å². The molecule has 0 aromatic rings. The van der Waals surface area contributed by atoms with Crippen LogP contribution in [0.5, 0.6) is 0 Å². The molecular formula is C11H17NO3. The molecule has 2 N–H and O–H groups in total. The highest BCUT2D eigenvalue weighted by atomic mass is 16.4. The van der Waals surface area contributed by atoms with Crippen LogP contribution in [0, 0.1) is 17.3 Å². The first-order valence-corrected chi connectivity index (χ1v) is 4.87. The summed E-state index contributed by atoms with van der Waals surface area (Å²) in [5, 5.41) is 19.5. The Kier molecular flexibility index (Phi) is 2.81. The summed E-state index contributed by atoms with van der Waals surface area (Å²) < 4.78 is 0. The van der Waals surface area contributed by atoms with Gasteiger partial charge in [0.25, 0.3) is 5.91 Å². The quantitative estimate of drug-likeness (QED) is 0.536. The molecule has 4 heteroatoms. The average molecular weight is 211 g/mol. The van der Waals surface area contributed by atoms with Crippen LogP contribution in [-0.4, -0.2) is 46.3 Å². The number of aliphatic hydroxyl groups excluding tert-OH is 1. The molecule has 2 unspecified atom stereocenters. The fraction of sp³-hybridized carbons (Fsp3) is 0.727. The van der Waals surface area contributed by atoms with E-state index in [1.54, 1.807) is 0 Å². The fourth-order valence-corrected chi connectivity index (χ4v) is 1.33. The summed E-state index contributed by atoms with van der Waals surface area (Å²) in [7, 11) is 1.53. The van der Waals surface area contributed by atoms with Gasteiger partial charge in [0, 0.05) is 12.5 Å². The second-order valence-corrected chi connectivity index (χ2v) is 4.97. The van der Waals surface area contributed by atoms with Gasteiger partial charge in [-0.15, -0.1) is 0 Å². The van der Waals surface area contributed by atoms with Gasteiger partial charge in [0.15, 0.2) is 0 Å². The lowest BCUT2D eigenvalue weighted by atomic mass is 9.93. The summed E-state index contributed by atoms with van der Waals surface area (Å²) in [5.41, 5.74) is -2.24. The molecule has 0 aliphatic carbocycles. The maximum absolute atomic E-state index is 11.6. The van der Waals surface area contributed by atoms with Gasteiger partial charge in [0.2, 0.25) is 5.60 Å². The molecule has 0 bridgehead atoms. The molecule has 0 spiro atoms. The number of likely N-dealkylation sites (N-methyl/N-ethyl adjacent to an activating group) is 1. The summed E-state index contributed by atoms with van der Waals surface area (Å²) in [4.78, 5) is 12.8. The van der Waals surface area contributed by atoms with Crippen LogP contribution in [0.4, 0.5) is 0 Å². The number of rotatable bonds is 0. The molecule has 0 radical (unpaired) electrons. The molecule has 1 heterocycles. The smallest absolute Gasteiger partial charge is 0.269 e. The SMILES string of the molecule is CN1CC(O)C(O)(C#CC(C)(C)C)C1=O. The maximum Gasteiger partial charge on any atom is 0.269 e. The zero-order valence-electron chi connectivity index (χ0n) is 9.53. The molecule has 1 saturated heterocycles. The largest absolute Gasteiger partial charge is 0.387 e. The second-order valence-electron chi connectivity index (χ2n) is 4.97. The summed E-state index contributed by atoms with van der Waals surface area (Å²) in [6.45, 7) is 5.74. The first-order valence-electron chi connectivity index (χ1n) is 4.87. The van der Waals surface area contributed by atoms with E-state index in [-0.39, 0.29) is 12.0 Å². The number of β-amino-alcohol motifs (C(OH)–C–C–N with tert-alkyl or cyclic N) is 1. The summed E-state index contributed by atoms with van der Waals surface area (Å²) in [6.07, 6.45) is -1.13. The molecule has 1 aliphatic heterocycles. The molecule has 1 amide bonds. The molecule has 2 atom stereocenters. The van der Waals surface area contributed by atoms with Crippen LogP contribution in [0.3, 0.4) is 0 Å². The van der Waals surface area contributed by atoms with Crippen molar-refractivity contribution >= 4 is 5.91 Å². The van der Waals surface area contributed by atoms with Gasteiger partial charge in [-0.25, -0.2) is 0 Å². The lowest BCUT2D eigenvalue weighted by Gasteiger charge is -2.17. The Morgan fingerprint density at radius 1 is 1.53 bits per heavy atom. The fourth-order valence-electron chi connectivity index (χ4n) is 1.33. The minimum absolute atomic E-state index is 0.119. The highest BCUT2D eigenvalue weighted by Crippen LogP contribution is 2.22. The van der Waals surface area contributed by atoms with Crippen molar-refractivity contribution in [3.63, 3.8) is 0 Å². The third kappa shape index (κ3) is 2.31. The van der Waals surface area contributed by atoms with Crippen LogP contribution >= 0.6 is 0 Å². The van der Waals surface area contributed by atoms with Crippen molar-refractivity contribution in [2.75, 3.05) is 13.6 Å². The lowest BCUT2D eigenvalue weighted by molar-refractivity contribution is -0.140. The Hall–Kier alpha value is -1.05. The van der Waals surface area contributed by atoms with E-state index >= 15 is 0 Å². The van der Waals surface area contributed by atoms with Gasteiger partial charge < -0.3 is 15.1 Å². The number of hydrogen-bond acceptors (Lipinski definition) is 3. The van der Waals surface area contributed by atoms with E-state index in [2.05, 4.69) is 11.8 Å². The van der Waals surface area contributed by atoms with E-state index < -0.39 is 17.6 Å². The molecule has 0 aromatic carbocycles. The normalized spacial score (nSPS) is 31.5. The minimum Gasteiger partial charge on any atom is -0.387 e. The zero-order chi connectivity index (χ0) is 11.9. The predicted octanol–water partition coefficient (Wildman–Crippen LogP) is -0.400. The monoisotopic (exact) mass is 211 g/mol. The van der Waals surface area contributed by atoms with Crippen molar-refractivity contribution in [3.05, 3.63) is 0 Å². The third-order valence-electron chi connectivity index (χ3n) is 2.23. The Labute approximate surface area is 89.9 Å². The lowest BCUT2D eigenvalue weighted by Crippen LogP contribution is -2.44. The Bertz CT molecular complexity index is 334. The molecule has 1 aliphatic rings. The van der Waals surface area contributed by atoms with Gasteiger partial charge in [0.05, 0.1) is 6.54 Å². The molecule has 1 fully saturated rings. The number of hydrogen-bond donors (Lipinski definition) is 2. The Morgan fingerprint density at radius 3 is 2.40 bits per heavy atom. The molecule has 0 aromatic heterocycles. The van der Waals surface area contributed by atoms with Gasteiger partial charge in [-0.05, 0) is 20.8 Å². The number of amides is 1. The predicted molar refractivity (Wildman–Crippen MR) is 55.8 cm³/mol. The minimum atomic E-state index is -1.93. The first-order chi connectivity index (χ1) is 6.67. The molecule has 4 nitrogen and oxygen atoms in total. The number of likely N-dealkylation sites (tertiary alicyclic amines) is 1. The Balaban J connectivity index is 3.00. The van der Waals surface area contributed by atoms with Crippen LogP contribution in [0.25, 0.3) is 0 Å². The number of carbonyl (C=O) groups is 1. The van der Waals surface area contributed by atoms with Gasteiger partial charge in [-0.1, -0.05) is 11.8 Å². The second kappa shape index (κ2) is 3.51. The highest BCUT2D eigenvalue weighted by molar-refractivity contribution is 5.91. The van der Waals surface area contributed by atoms with E-state index in [0.29, 0.717) is 0 Å². The van der Waals surface area contributed by atoms with Crippen molar-refractivity contribution in [3.8, 4) is 11.8 Å². The molecule has 0 saturated carbocycles. The van der Waals surface area contributed by atoms with Gasteiger partial charge in [-0.2, -0.15) is 0 Å². The maximum atomic E-state index is 11.6. The van der Waals surface area contributed by atoms with E-state index in [9.17, 15) is 15.0 Å². The summed E-state index contributed by atoms with van der Waals surface area (Å²) >= 11 is 0. The van der Waals surface area contributed by atoms with Gasteiger partial charge in [0.1, 0.15) is 6.10 Å². The molecular weight excluding hydrogens is 194 g/mol. The van der Waals surface area contributed by atoms with Crippen molar-refractivity contribution in [2.24, 2.45) is 5.41 Å². The number of nitrogens with zero attached hydrogens (tertiary/aromatic N) is 1. The third-order valence-corrected chi connectivity index (χ3v) is 2.23. The van der Waals surface area contributed by atoms with E-state index in [4.69, 9.17) is 0 Å². The first kappa shape index (κ1) is 12.0.